The van der Waals surface area contributed by atoms with Gasteiger partial charge >= 0.3 is 6.18 Å². The fourth-order valence-corrected chi connectivity index (χ4v) is 6.45. The minimum atomic E-state index is -4.47. The Balaban J connectivity index is 1.26. The highest BCUT2D eigenvalue weighted by molar-refractivity contribution is 7.11. The monoisotopic (exact) mass is 582 g/mol. The number of nitrogens with zero attached hydrogens (tertiary/aromatic N) is 3. The van der Waals surface area contributed by atoms with E-state index in [2.05, 4.69) is 20.4 Å². The van der Waals surface area contributed by atoms with Crippen LogP contribution in [0, 0.1) is 0 Å². The zero-order valence-electron chi connectivity index (χ0n) is 22.9. The van der Waals surface area contributed by atoms with Crippen LogP contribution in [0.15, 0.2) is 35.6 Å². The number of rotatable bonds is 11. The van der Waals surface area contributed by atoms with Gasteiger partial charge in [0.05, 0.1) is 22.8 Å². The van der Waals surface area contributed by atoms with E-state index in [9.17, 15) is 23.1 Å². The zero-order chi connectivity index (χ0) is 28.8. The second-order valence-corrected chi connectivity index (χ2v) is 11.5. The summed E-state index contributed by atoms with van der Waals surface area (Å²) in [6.07, 6.45) is 1.37. The molecule has 2 fully saturated rings. The molecule has 2 aromatic rings. The Morgan fingerprint density at radius 1 is 1.27 bits per heavy atom. The van der Waals surface area contributed by atoms with Crippen molar-refractivity contribution in [3.8, 4) is 0 Å². The number of alkyl halides is 3. The fraction of sp³-hybridized carbons (Fsp3) is 0.607. The first-order chi connectivity index (χ1) is 19.1. The van der Waals surface area contributed by atoms with Crippen molar-refractivity contribution in [2.45, 2.75) is 82.3 Å². The number of halogens is 3. The first-order valence-electron chi connectivity index (χ1n) is 13.7. The van der Waals surface area contributed by atoms with Crippen molar-refractivity contribution >= 4 is 23.0 Å². The lowest BCUT2D eigenvalue weighted by atomic mass is 9.82. The lowest BCUT2D eigenvalue weighted by molar-refractivity contribution is -0.137. The van der Waals surface area contributed by atoms with Gasteiger partial charge in [0.2, 0.25) is 5.91 Å². The van der Waals surface area contributed by atoms with Crippen LogP contribution < -0.4 is 5.32 Å². The Hall–Kier alpha value is -2.54. The summed E-state index contributed by atoms with van der Waals surface area (Å²) in [5.74, 6) is -0.170. The number of thiazole rings is 1. The Morgan fingerprint density at radius 3 is 2.75 bits per heavy atom. The molecule has 1 amide bonds. The molecule has 1 aliphatic heterocycles. The smallest absolute Gasteiger partial charge is 0.396 e. The number of carbonyl (C=O) groups excluding carboxylic acids is 1. The van der Waals surface area contributed by atoms with E-state index in [1.54, 1.807) is 20.2 Å². The zero-order valence-corrected chi connectivity index (χ0v) is 23.7. The molecule has 1 aromatic heterocycles. The van der Waals surface area contributed by atoms with Gasteiger partial charge in [-0.05, 0) is 56.7 Å². The number of oxime groups is 1. The molecule has 0 bridgehead atoms. The SMILES string of the molecule is CCON=C(CCC(=O)N[C@@H]1CCN(C2CCC(O)(c3ncc(COC)s3)CC2)C1)c1cccc(C(F)(F)F)c1. The molecule has 1 atom stereocenters. The molecule has 1 aliphatic carbocycles. The third kappa shape index (κ3) is 7.80. The van der Waals surface area contributed by atoms with Crippen LogP contribution in [0.5, 0.6) is 0 Å². The van der Waals surface area contributed by atoms with Crippen molar-refractivity contribution in [3.05, 3.63) is 51.5 Å². The number of nitrogens with one attached hydrogen (secondary N) is 1. The van der Waals surface area contributed by atoms with Crippen LogP contribution in [-0.4, -0.2) is 65.5 Å². The number of carbonyl (C=O) groups is 1. The van der Waals surface area contributed by atoms with Gasteiger partial charge < -0.3 is 20.0 Å². The molecular weight excluding hydrogens is 545 g/mol. The first-order valence-corrected chi connectivity index (χ1v) is 14.5. The minimum Gasteiger partial charge on any atom is -0.396 e. The van der Waals surface area contributed by atoms with Gasteiger partial charge in [0, 0.05) is 51.3 Å². The van der Waals surface area contributed by atoms with Crippen LogP contribution >= 0.6 is 11.3 Å². The van der Waals surface area contributed by atoms with Gasteiger partial charge in [0.25, 0.3) is 0 Å². The summed E-state index contributed by atoms with van der Waals surface area (Å²) in [4.78, 5) is 25.7. The summed E-state index contributed by atoms with van der Waals surface area (Å²) < 4.78 is 44.7. The molecule has 2 aliphatic rings. The van der Waals surface area contributed by atoms with Crippen molar-refractivity contribution < 1.29 is 32.6 Å². The van der Waals surface area contributed by atoms with Gasteiger partial charge in [0.1, 0.15) is 17.2 Å². The Labute approximate surface area is 236 Å². The third-order valence-electron chi connectivity index (χ3n) is 7.54. The second kappa shape index (κ2) is 13.4. The molecule has 4 rings (SSSR count). The molecule has 1 saturated heterocycles. The van der Waals surface area contributed by atoms with E-state index >= 15 is 0 Å². The molecule has 40 heavy (non-hydrogen) atoms. The highest BCUT2D eigenvalue weighted by atomic mass is 32.1. The number of hydrogen-bond donors (Lipinski definition) is 2. The predicted molar refractivity (Wildman–Crippen MR) is 146 cm³/mol. The van der Waals surface area contributed by atoms with Crippen LogP contribution in [-0.2, 0) is 32.8 Å². The fourth-order valence-electron chi connectivity index (χ4n) is 5.42. The Kier molecular flexibility index (Phi) is 10.2. The molecule has 0 spiro atoms. The van der Waals surface area contributed by atoms with Crippen molar-refractivity contribution in [1.29, 1.82) is 0 Å². The molecular formula is C28H37F3N4O4S. The number of ether oxygens (including phenoxy) is 1. The van der Waals surface area contributed by atoms with Crippen molar-refractivity contribution in [3.63, 3.8) is 0 Å². The molecule has 0 unspecified atom stereocenters. The summed E-state index contributed by atoms with van der Waals surface area (Å²) in [6.45, 7) is 4.09. The van der Waals surface area contributed by atoms with E-state index in [-0.39, 0.29) is 37.0 Å². The molecule has 8 nitrogen and oxygen atoms in total. The van der Waals surface area contributed by atoms with Gasteiger partial charge in [0.15, 0.2) is 0 Å². The van der Waals surface area contributed by atoms with Crippen LogP contribution in [0.2, 0.25) is 0 Å². The van der Waals surface area contributed by atoms with E-state index in [0.29, 0.717) is 31.2 Å². The predicted octanol–water partition coefficient (Wildman–Crippen LogP) is 4.85. The highest BCUT2D eigenvalue weighted by Gasteiger charge is 2.40. The average Bonchev–Trinajstić information content (AvgIpc) is 3.59. The lowest BCUT2D eigenvalue weighted by Crippen LogP contribution is -2.43. The van der Waals surface area contributed by atoms with Crippen molar-refractivity contribution in [2.24, 2.45) is 5.16 Å². The standard InChI is InChI=1S/C28H37F3N4O4S/c1-3-39-34-24(19-5-4-6-20(15-19)28(29,30)31)7-8-25(36)33-21-11-14-35(17-21)22-9-12-27(37,13-10-22)26-32-16-23(40-26)18-38-2/h4-6,15-16,21-22,37H,3,7-14,17-18H2,1-2H3,(H,33,36)/t21-,22?,27?/m1/s1. The number of benzene rings is 1. The molecule has 1 saturated carbocycles. The van der Waals surface area contributed by atoms with E-state index < -0.39 is 17.3 Å². The van der Waals surface area contributed by atoms with Gasteiger partial charge in [-0.1, -0.05) is 17.3 Å². The normalized spacial score (nSPS) is 24.3. The van der Waals surface area contributed by atoms with E-state index in [4.69, 9.17) is 9.57 Å². The van der Waals surface area contributed by atoms with E-state index in [1.165, 1.54) is 23.5 Å². The number of hydrogen-bond acceptors (Lipinski definition) is 8. The quantitative estimate of drug-likeness (QED) is 0.291. The summed E-state index contributed by atoms with van der Waals surface area (Å²) in [5.41, 5.74) is -1.08. The molecule has 0 radical (unpaired) electrons. The molecule has 2 heterocycles. The summed E-state index contributed by atoms with van der Waals surface area (Å²) >= 11 is 1.50. The minimum absolute atomic E-state index is 0.00436. The van der Waals surface area contributed by atoms with Gasteiger partial charge in [-0.2, -0.15) is 13.2 Å². The maximum atomic E-state index is 13.2. The Bertz CT molecular complexity index is 1160. The van der Waals surface area contributed by atoms with Crippen molar-refractivity contribution in [1.82, 2.24) is 15.2 Å². The Morgan fingerprint density at radius 2 is 2.05 bits per heavy atom. The highest BCUT2D eigenvalue weighted by Crippen LogP contribution is 2.41. The van der Waals surface area contributed by atoms with Crippen LogP contribution in [0.3, 0.4) is 0 Å². The van der Waals surface area contributed by atoms with Crippen LogP contribution in [0.1, 0.15) is 72.9 Å². The van der Waals surface area contributed by atoms with Gasteiger partial charge in [-0.3, -0.25) is 9.69 Å². The van der Waals surface area contributed by atoms with E-state index in [1.807, 2.05) is 0 Å². The summed E-state index contributed by atoms with van der Waals surface area (Å²) in [7, 11) is 1.64. The van der Waals surface area contributed by atoms with Crippen LogP contribution in [0.25, 0.3) is 0 Å². The van der Waals surface area contributed by atoms with Crippen molar-refractivity contribution in [2.75, 3.05) is 26.8 Å². The van der Waals surface area contributed by atoms with Crippen LogP contribution in [0.4, 0.5) is 13.2 Å². The molecule has 1 aromatic carbocycles. The number of aliphatic hydroxyl groups is 1. The first kappa shape index (κ1) is 30.4. The lowest BCUT2D eigenvalue weighted by Gasteiger charge is -2.38. The third-order valence-corrected chi connectivity index (χ3v) is 8.70. The average molecular weight is 583 g/mol. The topological polar surface area (TPSA) is 96.3 Å². The number of likely N-dealkylation sites (tertiary alicyclic amines) is 1. The summed E-state index contributed by atoms with van der Waals surface area (Å²) in [5, 5.41) is 19.0. The van der Waals surface area contributed by atoms with E-state index in [0.717, 1.165) is 54.4 Å². The number of methoxy groups -OCH3 is 1. The van der Waals surface area contributed by atoms with Gasteiger partial charge in [-0.15, -0.1) is 11.3 Å². The maximum absolute atomic E-state index is 13.2. The number of amides is 1. The second-order valence-electron chi connectivity index (χ2n) is 10.4. The molecule has 12 heteroatoms. The molecule has 2 N–H and O–H groups in total. The largest absolute Gasteiger partial charge is 0.416 e. The van der Waals surface area contributed by atoms with Gasteiger partial charge in [-0.25, -0.2) is 4.98 Å². The summed E-state index contributed by atoms with van der Waals surface area (Å²) in [6, 6.07) is 5.25. The maximum Gasteiger partial charge on any atom is 0.416 e. The number of aromatic nitrogens is 1. The molecule has 220 valence electrons.